The third-order valence-electron chi connectivity index (χ3n) is 5.19. The van der Waals surface area contributed by atoms with E-state index in [-0.39, 0.29) is 31.2 Å². The van der Waals surface area contributed by atoms with Gasteiger partial charge in [-0.25, -0.2) is 4.79 Å². The van der Waals surface area contributed by atoms with E-state index in [2.05, 4.69) is 10.6 Å². The van der Waals surface area contributed by atoms with Crippen molar-refractivity contribution in [3.63, 3.8) is 0 Å². The summed E-state index contributed by atoms with van der Waals surface area (Å²) in [5.74, 6) is -0.271. The van der Waals surface area contributed by atoms with Crippen LogP contribution in [0.4, 0.5) is 10.5 Å². The number of hydrogen-bond acceptors (Lipinski definition) is 4. The summed E-state index contributed by atoms with van der Waals surface area (Å²) in [4.78, 5) is 26.0. The van der Waals surface area contributed by atoms with E-state index >= 15 is 0 Å². The molecule has 148 valence electrons. The Morgan fingerprint density at radius 1 is 1.37 bits per heavy atom. The molecule has 2 aliphatic rings. The zero-order valence-electron chi connectivity index (χ0n) is 15.9. The zero-order valence-corrected chi connectivity index (χ0v) is 15.9. The van der Waals surface area contributed by atoms with Crippen molar-refractivity contribution in [3.05, 3.63) is 29.3 Å². The first kappa shape index (κ1) is 19.6. The van der Waals surface area contributed by atoms with Gasteiger partial charge in [0.25, 0.3) is 5.91 Å². The second-order valence-corrected chi connectivity index (χ2v) is 7.34. The van der Waals surface area contributed by atoms with Crippen molar-refractivity contribution in [2.75, 3.05) is 31.1 Å². The van der Waals surface area contributed by atoms with E-state index in [4.69, 9.17) is 4.74 Å². The maximum Gasteiger partial charge on any atom is 0.322 e. The minimum atomic E-state index is -0.731. The molecule has 7 heteroatoms. The summed E-state index contributed by atoms with van der Waals surface area (Å²) < 4.78 is 5.74. The molecule has 3 N–H and O–H groups in total. The van der Waals surface area contributed by atoms with Crippen LogP contribution in [0.5, 0.6) is 0 Å². The number of nitrogens with zero attached hydrogens (tertiary/aromatic N) is 1. The van der Waals surface area contributed by atoms with Gasteiger partial charge in [-0.2, -0.15) is 0 Å². The van der Waals surface area contributed by atoms with Gasteiger partial charge in [0.1, 0.15) is 0 Å². The summed E-state index contributed by atoms with van der Waals surface area (Å²) in [6.07, 6.45) is 5.23. The van der Waals surface area contributed by atoms with E-state index < -0.39 is 6.10 Å². The maximum atomic E-state index is 12.4. The third kappa shape index (κ3) is 5.20. The van der Waals surface area contributed by atoms with Crippen molar-refractivity contribution < 1.29 is 19.4 Å². The van der Waals surface area contributed by atoms with Crippen molar-refractivity contribution in [1.82, 2.24) is 10.6 Å². The summed E-state index contributed by atoms with van der Waals surface area (Å²) in [6, 6.07) is 5.14. The Hall–Kier alpha value is -2.12. The Morgan fingerprint density at radius 2 is 2.15 bits per heavy atom. The number of urea groups is 1. The van der Waals surface area contributed by atoms with Gasteiger partial charge in [-0.3, -0.25) is 9.69 Å². The lowest BCUT2D eigenvalue weighted by atomic mass is 9.98. The SMILES string of the molecule is Cc1ccc(C(=O)NC[C@@H](O)COC2CCCCC2)cc1N1CCNC1=O. The Morgan fingerprint density at radius 3 is 2.85 bits per heavy atom. The van der Waals surface area contributed by atoms with Gasteiger partial charge in [-0.15, -0.1) is 0 Å². The second kappa shape index (κ2) is 9.19. The van der Waals surface area contributed by atoms with Crippen LogP contribution in [-0.4, -0.2) is 55.5 Å². The Balaban J connectivity index is 1.50. The molecule has 2 fully saturated rings. The van der Waals surface area contributed by atoms with Crippen LogP contribution < -0.4 is 15.5 Å². The van der Waals surface area contributed by atoms with Crippen LogP contribution in [0.2, 0.25) is 0 Å². The minimum Gasteiger partial charge on any atom is -0.389 e. The van der Waals surface area contributed by atoms with Gasteiger partial charge in [0.2, 0.25) is 0 Å². The predicted octanol–water partition coefficient (Wildman–Crippen LogP) is 1.96. The topological polar surface area (TPSA) is 90.9 Å². The number of nitrogens with one attached hydrogen (secondary N) is 2. The van der Waals surface area contributed by atoms with Crippen molar-refractivity contribution >= 4 is 17.6 Å². The number of benzene rings is 1. The lowest BCUT2D eigenvalue weighted by molar-refractivity contribution is -0.0225. The highest BCUT2D eigenvalue weighted by atomic mass is 16.5. The van der Waals surface area contributed by atoms with E-state index in [0.717, 1.165) is 24.1 Å². The predicted molar refractivity (Wildman–Crippen MR) is 103 cm³/mol. The van der Waals surface area contributed by atoms with Crippen LogP contribution in [0.3, 0.4) is 0 Å². The smallest absolute Gasteiger partial charge is 0.322 e. The molecule has 7 nitrogen and oxygen atoms in total. The number of rotatable bonds is 7. The molecule has 0 aromatic heterocycles. The first-order valence-corrected chi connectivity index (χ1v) is 9.78. The van der Waals surface area contributed by atoms with Gasteiger partial charge in [-0.1, -0.05) is 25.3 Å². The third-order valence-corrected chi connectivity index (χ3v) is 5.19. The molecule has 1 aromatic rings. The molecule has 0 unspecified atom stereocenters. The summed E-state index contributed by atoms with van der Waals surface area (Å²) in [5, 5.41) is 15.6. The first-order chi connectivity index (χ1) is 13.0. The average Bonchev–Trinajstić information content (AvgIpc) is 3.11. The van der Waals surface area contributed by atoms with Crippen LogP contribution in [0.1, 0.15) is 48.0 Å². The first-order valence-electron chi connectivity index (χ1n) is 9.78. The van der Waals surface area contributed by atoms with Crippen LogP contribution in [-0.2, 0) is 4.74 Å². The molecule has 0 radical (unpaired) electrons. The number of carbonyl (C=O) groups excluding carboxylic acids is 2. The highest BCUT2D eigenvalue weighted by molar-refractivity contribution is 5.99. The Labute approximate surface area is 160 Å². The summed E-state index contributed by atoms with van der Waals surface area (Å²) >= 11 is 0. The maximum absolute atomic E-state index is 12.4. The highest BCUT2D eigenvalue weighted by Gasteiger charge is 2.23. The normalized spacial score (nSPS) is 19.0. The molecule has 1 saturated carbocycles. The van der Waals surface area contributed by atoms with Gasteiger partial charge in [0.15, 0.2) is 0 Å². The number of aryl methyl sites for hydroxylation is 1. The summed E-state index contributed by atoms with van der Waals surface area (Å²) in [5.41, 5.74) is 2.14. The molecule has 3 rings (SSSR count). The quantitative estimate of drug-likeness (QED) is 0.679. The van der Waals surface area contributed by atoms with Crippen LogP contribution in [0, 0.1) is 6.92 Å². The average molecular weight is 375 g/mol. The minimum absolute atomic E-state index is 0.138. The van der Waals surface area contributed by atoms with E-state index in [9.17, 15) is 14.7 Å². The van der Waals surface area contributed by atoms with E-state index in [0.29, 0.717) is 18.7 Å². The number of amides is 3. The summed E-state index contributed by atoms with van der Waals surface area (Å²) in [6.45, 7) is 3.47. The molecule has 0 spiro atoms. The fraction of sp³-hybridized carbons (Fsp3) is 0.600. The largest absolute Gasteiger partial charge is 0.389 e. The zero-order chi connectivity index (χ0) is 19.2. The number of hydrogen-bond donors (Lipinski definition) is 3. The van der Waals surface area contributed by atoms with Gasteiger partial charge < -0.3 is 20.5 Å². The van der Waals surface area contributed by atoms with Crippen molar-refractivity contribution in [2.45, 2.75) is 51.2 Å². The van der Waals surface area contributed by atoms with Crippen LogP contribution in [0.15, 0.2) is 18.2 Å². The van der Waals surface area contributed by atoms with Gasteiger partial charge in [0.05, 0.1) is 18.8 Å². The fourth-order valence-electron chi connectivity index (χ4n) is 3.59. The van der Waals surface area contributed by atoms with E-state index in [1.165, 1.54) is 19.3 Å². The van der Waals surface area contributed by atoms with Crippen molar-refractivity contribution in [1.29, 1.82) is 0 Å². The second-order valence-electron chi connectivity index (χ2n) is 7.34. The number of carbonyl (C=O) groups is 2. The molecule has 0 bridgehead atoms. The molecule has 1 heterocycles. The molecular formula is C20H29N3O4. The molecule has 1 saturated heterocycles. The monoisotopic (exact) mass is 375 g/mol. The van der Waals surface area contributed by atoms with E-state index in [1.807, 2.05) is 13.0 Å². The standard InChI is InChI=1S/C20H29N3O4/c1-14-7-8-15(11-18(14)23-10-9-21-20(23)26)19(25)22-12-16(24)13-27-17-5-3-2-4-6-17/h7-8,11,16-17,24H,2-6,9-10,12-13H2,1H3,(H,21,26)(H,22,25)/t16-/m1/s1. The Bertz CT molecular complexity index is 673. The Kier molecular flexibility index (Phi) is 6.68. The van der Waals surface area contributed by atoms with Crippen LogP contribution >= 0.6 is 0 Å². The van der Waals surface area contributed by atoms with Crippen LogP contribution in [0.25, 0.3) is 0 Å². The lowest BCUT2D eigenvalue weighted by Gasteiger charge is -2.23. The molecule has 1 aliphatic carbocycles. The van der Waals surface area contributed by atoms with Crippen molar-refractivity contribution in [3.8, 4) is 0 Å². The number of ether oxygens (including phenoxy) is 1. The van der Waals surface area contributed by atoms with Crippen molar-refractivity contribution in [2.24, 2.45) is 0 Å². The molecule has 1 atom stereocenters. The highest BCUT2D eigenvalue weighted by Crippen LogP contribution is 2.23. The van der Waals surface area contributed by atoms with Gasteiger partial charge in [0, 0.05) is 30.9 Å². The molecule has 1 aliphatic heterocycles. The number of anilines is 1. The molecule has 3 amide bonds. The number of aliphatic hydroxyl groups is 1. The molecular weight excluding hydrogens is 346 g/mol. The number of aliphatic hydroxyl groups excluding tert-OH is 1. The van der Waals surface area contributed by atoms with Gasteiger partial charge >= 0.3 is 6.03 Å². The lowest BCUT2D eigenvalue weighted by Crippen LogP contribution is -2.36. The summed E-state index contributed by atoms with van der Waals surface area (Å²) in [7, 11) is 0. The molecule has 27 heavy (non-hydrogen) atoms. The molecule has 1 aromatic carbocycles. The fourth-order valence-corrected chi connectivity index (χ4v) is 3.59. The van der Waals surface area contributed by atoms with Gasteiger partial charge in [-0.05, 0) is 37.5 Å². The van der Waals surface area contributed by atoms with E-state index in [1.54, 1.807) is 17.0 Å².